The van der Waals surface area contributed by atoms with Crippen molar-refractivity contribution in [3.8, 4) is 6.07 Å². The van der Waals surface area contributed by atoms with Crippen LogP contribution in [0.1, 0.15) is 17.0 Å². The van der Waals surface area contributed by atoms with Crippen LogP contribution in [0.2, 0.25) is 0 Å². The normalized spacial score (nSPS) is 11.0. The molecule has 1 aromatic carbocycles. The van der Waals surface area contributed by atoms with Crippen LogP contribution in [0.4, 0.5) is 0 Å². The molecule has 2 N–H and O–H groups in total. The highest BCUT2D eigenvalue weighted by molar-refractivity contribution is 5.79. The monoisotopic (exact) mass is 283 g/mol. The van der Waals surface area contributed by atoms with Crippen molar-refractivity contribution >= 4 is 5.96 Å². The molecule has 0 saturated carbocycles. The summed E-state index contributed by atoms with van der Waals surface area (Å²) in [4.78, 5) is 8.29. The molecule has 2 aromatic rings. The molecule has 2 rings (SSSR count). The van der Waals surface area contributed by atoms with Gasteiger partial charge in [0.2, 0.25) is 0 Å². The molecule has 0 saturated heterocycles. The zero-order valence-corrected chi connectivity index (χ0v) is 12.0. The summed E-state index contributed by atoms with van der Waals surface area (Å²) in [6.07, 6.45) is 1.52. The Kier molecular flexibility index (Phi) is 4.88. The van der Waals surface area contributed by atoms with Gasteiger partial charge in [0.05, 0.1) is 18.2 Å². The van der Waals surface area contributed by atoms with Crippen LogP contribution in [0.25, 0.3) is 0 Å². The third kappa shape index (κ3) is 4.04. The van der Waals surface area contributed by atoms with Gasteiger partial charge in [-0.15, -0.1) is 0 Å². The number of rotatable bonds is 4. The van der Waals surface area contributed by atoms with E-state index >= 15 is 0 Å². The Morgan fingerprint density at radius 1 is 1.29 bits per heavy atom. The van der Waals surface area contributed by atoms with Crippen LogP contribution in [-0.2, 0) is 20.1 Å². The summed E-state index contributed by atoms with van der Waals surface area (Å²) in [7, 11) is 3.56. The van der Waals surface area contributed by atoms with Crippen molar-refractivity contribution in [1.29, 1.82) is 5.26 Å². The lowest BCUT2D eigenvalue weighted by molar-refractivity contribution is 0.672. The quantitative estimate of drug-likeness (QED) is 0.631. The van der Waals surface area contributed by atoms with Crippen LogP contribution in [0, 0.1) is 11.3 Å². The lowest BCUT2D eigenvalue weighted by Gasteiger charge is -2.11. The third-order valence-corrected chi connectivity index (χ3v) is 2.99. The number of guanidine groups is 1. The molecule has 0 radical (unpaired) electrons. The second kappa shape index (κ2) is 7.05. The number of aromatic nitrogens is 3. The molecule has 7 nitrogen and oxygen atoms in total. The fourth-order valence-corrected chi connectivity index (χ4v) is 1.75. The Balaban J connectivity index is 1.85. The Bertz CT molecular complexity index is 649. The minimum absolute atomic E-state index is 0.545. The minimum atomic E-state index is 0.545. The molecule has 7 heteroatoms. The predicted octanol–water partition coefficient (Wildman–Crippen LogP) is 0.552. The molecule has 108 valence electrons. The van der Waals surface area contributed by atoms with Gasteiger partial charge in [-0.3, -0.25) is 9.67 Å². The average molecular weight is 283 g/mol. The van der Waals surface area contributed by atoms with Crippen molar-refractivity contribution in [2.45, 2.75) is 13.1 Å². The first-order chi connectivity index (χ1) is 10.2. The van der Waals surface area contributed by atoms with Gasteiger partial charge in [0.25, 0.3) is 0 Å². The van der Waals surface area contributed by atoms with Gasteiger partial charge in [-0.2, -0.15) is 10.4 Å². The van der Waals surface area contributed by atoms with Gasteiger partial charge >= 0.3 is 0 Å². The topological polar surface area (TPSA) is 90.9 Å². The third-order valence-electron chi connectivity index (χ3n) is 2.99. The number of benzene rings is 1. The molecule has 0 atom stereocenters. The maximum atomic E-state index is 8.76. The van der Waals surface area contributed by atoms with E-state index in [1.807, 2.05) is 19.2 Å². The van der Waals surface area contributed by atoms with Gasteiger partial charge in [0.15, 0.2) is 5.96 Å². The van der Waals surface area contributed by atoms with Gasteiger partial charge in [0.1, 0.15) is 12.2 Å². The summed E-state index contributed by atoms with van der Waals surface area (Å²) in [6, 6.07) is 9.53. The molecule has 0 unspecified atom stereocenters. The zero-order chi connectivity index (χ0) is 15.1. The standard InChI is InChI=1S/C14H17N7/c1-16-14(18-9-13-19-10-20-21(13)2)17-8-12-5-3-11(7-15)4-6-12/h3-6,10H,8-9H2,1-2H3,(H2,16,17,18). The second-order valence-corrected chi connectivity index (χ2v) is 4.39. The zero-order valence-electron chi connectivity index (χ0n) is 12.0. The molecule has 0 aliphatic carbocycles. The maximum Gasteiger partial charge on any atom is 0.191 e. The summed E-state index contributed by atoms with van der Waals surface area (Å²) in [5, 5.41) is 19.1. The van der Waals surface area contributed by atoms with E-state index in [4.69, 9.17) is 5.26 Å². The molecule has 0 spiro atoms. The van der Waals surface area contributed by atoms with Gasteiger partial charge in [-0.25, -0.2) is 4.98 Å². The Hall–Kier alpha value is -2.88. The molecule has 0 aliphatic rings. The highest BCUT2D eigenvalue weighted by Crippen LogP contribution is 2.02. The van der Waals surface area contributed by atoms with E-state index in [2.05, 4.69) is 31.8 Å². The van der Waals surface area contributed by atoms with Crippen LogP contribution in [-0.4, -0.2) is 27.8 Å². The Labute approximate surface area is 123 Å². The van der Waals surface area contributed by atoms with Crippen LogP contribution in [0.5, 0.6) is 0 Å². The van der Waals surface area contributed by atoms with E-state index in [-0.39, 0.29) is 0 Å². The van der Waals surface area contributed by atoms with Gasteiger partial charge in [-0.05, 0) is 17.7 Å². The van der Waals surface area contributed by atoms with Crippen LogP contribution in [0.15, 0.2) is 35.6 Å². The molecule has 21 heavy (non-hydrogen) atoms. The number of nitrogens with zero attached hydrogens (tertiary/aromatic N) is 5. The highest BCUT2D eigenvalue weighted by Gasteiger charge is 2.02. The van der Waals surface area contributed by atoms with E-state index in [9.17, 15) is 0 Å². The van der Waals surface area contributed by atoms with Crippen molar-refractivity contribution in [3.63, 3.8) is 0 Å². The van der Waals surface area contributed by atoms with Crippen molar-refractivity contribution in [2.75, 3.05) is 7.05 Å². The molecule has 0 bridgehead atoms. The van der Waals surface area contributed by atoms with Crippen molar-refractivity contribution in [3.05, 3.63) is 47.5 Å². The van der Waals surface area contributed by atoms with Gasteiger partial charge in [-0.1, -0.05) is 12.1 Å². The van der Waals surface area contributed by atoms with Crippen molar-refractivity contribution < 1.29 is 0 Å². The molecule has 0 fully saturated rings. The Morgan fingerprint density at radius 2 is 2.00 bits per heavy atom. The van der Waals surface area contributed by atoms with E-state index in [0.717, 1.165) is 11.4 Å². The Morgan fingerprint density at radius 3 is 2.57 bits per heavy atom. The summed E-state index contributed by atoms with van der Waals surface area (Å²) in [5.74, 6) is 1.51. The fraction of sp³-hybridized carbons (Fsp3) is 0.286. The number of hydrogen-bond acceptors (Lipinski definition) is 4. The smallest absolute Gasteiger partial charge is 0.191 e. The fourth-order valence-electron chi connectivity index (χ4n) is 1.75. The van der Waals surface area contributed by atoms with E-state index in [0.29, 0.717) is 24.6 Å². The lowest BCUT2D eigenvalue weighted by Crippen LogP contribution is -2.36. The molecule has 1 aromatic heterocycles. The largest absolute Gasteiger partial charge is 0.352 e. The summed E-state index contributed by atoms with van der Waals surface area (Å²) < 4.78 is 1.71. The minimum Gasteiger partial charge on any atom is -0.352 e. The summed E-state index contributed by atoms with van der Waals surface area (Å²) in [6.45, 7) is 1.17. The van der Waals surface area contributed by atoms with Crippen LogP contribution < -0.4 is 10.6 Å². The van der Waals surface area contributed by atoms with Crippen LogP contribution >= 0.6 is 0 Å². The maximum absolute atomic E-state index is 8.76. The first-order valence-electron chi connectivity index (χ1n) is 6.49. The number of aryl methyl sites for hydroxylation is 1. The van der Waals surface area contributed by atoms with E-state index in [1.54, 1.807) is 23.9 Å². The lowest BCUT2D eigenvalue weighted by atomic mass is 10.1. The van der Waals surface area contributed by atoms with E-state index < -0.39 is 0 Å². The van der Waals surface area contributed by atoms with Gasteiger partial charge < -0.3 is 10.6 Å². The highest BCUT2D eigenvalue weighted by atomic mass is 15.3. The molecule has 0 amide bonds. The SMILES string of the molecule is CN=C(NCc1ccc(C#N)cc1)NCc1ncnn1C. The van der Waals surface area contributed by atoms with E-state index in [1.165, 1.54) is 6.33 Å². The van der Waals surface area contributed by atoms with Crippen molar-refractivity contribution in [1.82, 2.24) is 25.4 Å². The summed E-state index contributed by atoms with van der Waals surface area (Å²) in [5.41, 5.74) is 1.74. The summed E-state index contributed by atoms with van der Waals surface area (Å²) >= 11 is 0. The molecular formula is C14H17N7. The van der Waals surface area contributed by atoms with Crippen LogP contribution in [0.3, 0.4) is 0 Å². The molecule has 0 aliphatic heterocycles. The molecular weight excluding hydrogens is 266 g/mol. The first-order valence-corrected chi connectivity index (χ1v) is 6.49. The van der Waals surface area contributed by atoms with Gasteiger partial charge in [0, 0.05) is 20.6 Å². The average Bonchev–Trinajstić information content (AvgIpc) is 2.93. The second-order valence-electron chi connectivity index (χ2n) is 4.39. The molecule has 1 heterocycles. The number of nitriles is 1. The predicted molar refractivity (Wildman–Crippen MR) is 79.2 cm³/mol. The number of hydrogen-bond donors (Lipinski definition) is 2. The number of nitrogens with one attached hydrogen (secondary N) is 2. The number of aliphatic imine (C=N–C) groups is 1. The first kappa shape index (κ1) is 14.5. The van der Waals surface area contributed by atoms with Crippen molar-refractivity contribution in [2.24, 2.45) is 12.0 Å².